The van der Waals surface area contributed by atoms with Gasteiger partial charge in [0, 0.05) is 0 Å². The molecule has 0 N–H and O–H groups in total. The minimum Gasteiger partial charge on any atom is -0.465 e. The van der Waals surface area contributed by atoms with Crippen LogP contribution in [-0.4, -0.2) is 13.1 Å². The number of carbonyl (C=O) groups excluding carboxylic acids is 1. The van der Waals surface area contributed by atoms with Crippen LogP contribution in [0.2, 0.25) is 0 Å². The summed E-state index contributed by atoms with van der Waals surface area (Å²) in [7, 11) is 1.33. The number of rotatable bonds is 1. The molecule has 16 heavy (non-hydrogen) atoms. The third-order valence-electron chi connectivity index (χ3n) is 2.30. The molecular formula is C12H8BrFO2. The number of ether oxygens (including phenoxy) is 1. The molecule has 0 bridgehead atoms. The molecule has 2 nitrogen and oxygen atoms in total. The van der Waals surface area contributed by atoms with Crippen molar-refractivity contribution in [2.45, 2.75) is 0 Å². The lowest BCUT2D eigenvalue weighted by molar-refractivity contribution is 0.0601. The summed E-state index contributed by atoms with van der Waals surface area (Å²) < 4.78 is 18.2. The van der Waals surface area contributed by atoms with Crippen LogP contribution in [-0.2, 0) is 4.74 Å². The van der Waals surface area contributed by atoms with Crippen LogP contribution in [0.5, 0.6) is 0 Å². The molecule has 0 saturated heterocycles. The van der Waals surface area contributed by atoms with Gasteiger partial charge < -0.3 is 4.74 Å². The summed E-state index contributed by atoms with van der Waals surface area (Å²) in [5, 5.41) is 1.53. The van der Waals surface area contributed by atoms with Gasteiger partial charge in [-0.05, 0) is 51.0 Å². The van der Waals surface area contributed by atoms with E-state index in [-0.39, 0.29) is 5.82 Å². The highest BCUT2D eigenvalue weighted by atomic mass is 79.9. The maximum absolute atomic E-state index is 13.2. The summed E-state index contributed by atoms with van der Waals surface area (Å²) in [6, 6.07) is 8.03. The molecule has 0 amide bonds. The van der Waals surface area contributed by atoms with E-state index in [2.05, 4.69) is 20.7 Å². The van der Waals surface area contributed by atoms with Gasteiger partial charge >= 0.3 is 5.97 Å². The van der Waals surface area contributed by atoms with E-state index in [1.807, 2.05) is 0 Å². The Morgan fingerprint density at radius 2 is 2.00 bits per heavy atom. The smallest absolute Gasteiger partial charge is 0.337 e. The number of halogens is 2. The summed E-state index contributed by atoms with van der Waals surface area (Å²) in [4.78, 5) is 11.3. The van der Waals surface area contributed by atoms with Crippen molar-refractivity contribution in [1.82, 2.24) is 0 Å². The molecule has 0 spiro atoms. The lowest BCUT2D eigenvalue weighted by Gasteiger charge is -2.03. The third kappa shape index (κ3) is 1.93. The Hall–Kier alpha value is -1.42. The summed E-state index contributed by atoms with van der Waals surface area (Å²) in [6.07, 6.45) is 0. The Morgan fingerprint density at radius 1 is 1.25 bits per heavy atom. The first kappa shape index (κ1) is 11.1. The lowest BCUT2D eigenvalue weighted by Crippen LogP contribution is -2.00. The highest BCUT2D eigenvalue weighted by Crippen LogP contribution is 2.24. The van der Waals surface area contributed by atoms with Gasteiger partial charge in [-0.1, -0.05) is 6.07 Å². The highest BCUT2D eigenvalue weighted by molar-refractivity contribution is 9.10. The predicted octanol–water partition coefficient (Wildman–Crippen LogP) is 3.53. The maximum atomic E-state index is 13.2. The zero-order valence-corrected chi connectivity index (χ0v) is 10.0. The summed E-state index contributed by atoms with van der Waals surface area (Å²) in [6.45, 7) is 0. The van der Waals surface area contributed by atoms with Crippen molar-refractivity contribution >= 4 is 32.7 Å². The molecule has 0 radical (unpaired) electrons. The van der Waals surface area contributed by atoms with Crippen LogP contribution < -0.4 is 0 Å². The van der Waals surface area contributed by atoms with E-state index in [9.17, 15) is 9.18 Å². The van der Waals surface area contributed by atoms with Crippen molar-refractivity contribution in [2.24, 2.45) is 0 Å². The van der Waals surface area contributed by atoms with Crippen molar-refractivity contribution in [3.63, 3.8) is 0 Å². The predicted molar refractivity (Wildman–Crippen MR) is 62.9 cm³/mol. The zero-order chi connectivity index (χ0) is 11.7. The van der Waals surface area contributed by atoms with E-state index in [1.54, 1.807) is 24.3 Å². The van der Waals surface area contributed by atoms with Crippen LogP contribution in [0.3, 0.4) is 0 Å². The van der Waals surface area contributed by atoms with E-state index in [0.29, 0.717) is 10.0 Å². The van der Waals surface area contributed by atoms with Gasteiger partial charge in [0.2, 0.25) is 0 Å². The highest BCUT2D eigenvalue weighted by Gasteiger charge is 2.07. The Bertz CT molecular complexity index is 566. The van der Waals surface area contributed by atoms with Crippen molar-refractivity contribution in [3.05, 3.63) is 46.2 Å². The second kappa shape index (κ2) is 4.22. The van der Waals surface area contributed by atoms with Gasteiger partial charge in [-0.3, -0.25) is 0 Å². The largest absolute Gasteiger partial charge is 0.465 e. The fraction of sp³-hybridized carbons (Fsp3) is 0.0833. The molecule has 0 heterocycles. The Balaban J connectivity index is 2.62. The van der Waals surface area contributed by atoms with Crippen molar-refractivity contribution in [3.8, 4) is 0 Å². The topological polar surface area (TPSA) is 26.3 Å². The van der Waals surface area contributed by atoms with E-state index in [1.165, 1.54) is 13.2 Å². The van der Waals surface area contributed by atoms with Gasteiger partial charge in [-0.2, -0.15) is 0 Å². The molecule has 2 aromatic carbocycles. The summed E-state index contributed by atoms with van der Waals surface area (Å²) in [5.41, 5.74) is 0.452. The number of methoxy groups -OCH3 is 1. The molecule has 0 unspecified atom stereocenters. The number of fused-ring (bicyclic) bond motifs is 1. The number of esters is 1. The second-order valence-corrected chi connectivity index (χ2v) is 4.17. The van der Waals surface area contributed by atoms with Gasteiger partial charge in [0.25, 0.3) is 0 Å². The minimum atomic E-state index is -0.401. The maximum Gasteiger partial charge on any atom is 0.337 e. The molecular weight excluding hydrogens is 275 g/mol. The van der Waals surface area contributed by atoms with Gasteiger partial charge in [-0.15, -0.1) is 0 Å². The van der Waals surface area contributed by atoms with Crippen LogP contribution in [0, 0.1) is 5.82 Å². The quantitative estimate of drug-likeness (QED) is 0.748. The fourth-order valence-electron chi connectivity index (χ4n) is 1.49. The first-order valence-corrected chi connectivity index (χ1v) is 5.38. The number of hydrogen-bond donors (Lipinski definition) is 0. The van der Waals surface area contributed by atoms with E-state index >= 15 is 0 Å². The standard InChI is InChI=1S/C12H8BrFO2/c1-16-12(15)8-3-2-7-6-11(14)10(13)5-9(7)4-8/h2-6H,1H3. The molecule has 0 aromatic heterocycles. The summed E-state index contributed by atoms with van der Waals surface area (Å²) in [5.74, 6) is -0.722. The average Bonchev–Trinajstić information content (AvgIpc) is 2.29. The van der Waals surface area contributed by atoms with Crippen molar-refractivity contribution in [2.75, 3.05) is 7.11 Å². The van der Waals surface area contributed by atoms with Crippen LogP contribution in [0.15, 0.2) is 34.8 Å². The Morgan fingerprint density at radius 3 is 2.69 bits per heavy atom. The second-order valence-electron chi connectivity index (χ2n) is 3.32. The van der Waals surface area contributed by atoms with Crippen molar-refractivity contribution < 1.29 is 13.9 Å². The van der Waals surface area contributed by atoms with E-state index < -0.39 is 5.97 Å². The number of benzene rings is 2. The van der Waals surface area contributed by atoms with Gasteiger partial charge in [0.1, 0.15) is 5.82 Å². The Labute approximate surface area is 100 Å². The molecule has 2 aromatic rings. The molecule has 0 aliphatic rings. The molecule has 82 valence electrons. The average molecular weight is 283 g/mol. The van der Waals surface area contributed by atoms with Crippen LogP contribution in [0.4, 0.5) is 4.39 Å². The van der Waals surface area contributed by atoms with E-state index in [4.69, 9.17) is 0 Å². The minimum absolute atomic E-state index is 0.321. The normalized spacial score (nSPS) is 10.4. The first-order valence-electron chi connectivity index (χ1n) is 4.59. The number of carbonyl (C=O) groups is 1. The fourth-order valence-corrected chi connectivity index (χ4v) is 1.85. The van der Waals surface area contributed by atoms with Crippen molar-refractivity contribution in [1.29, 1.82) is 0 Å². The number of hydrogen-bond acceptors (Lipinski definition) is 2. The van der Waals surface area contributed by atoms with E-state index in [0.717, 1.165) is 10.8 Å². The monoisotopic (exact) mass is 282 g/mol. The molecule has 4 heteroatoms. The zero-order valence-electron chi connectivity index (χ0n) is 8.46. The lowest BCUT2D eigenvalue weighted by atomic mass is 10.1. The van der Waals surface area contributed by atoms with Crippen LogP contribution in [0.25, 0.3) is 10.8 Å². The van der Waals surface area contributed by atoms with Crippen LogP contribution >= 0.6 is 15.9 Å². The molecule has 0 aliphatic heterocycles. The molecule has 0 aliphatic carbocycles. The van der Waals surface area contributed by atoms with Gasteiger partial charge in [0.15, 0.2) is 0 Å². The SMILES string of the molecule is COC(=O)c1ccc2cc(F)c(Br)cc2c1. The van der Waals surface area contributed by atoms with Crippen LogP contribution in [0.1, 0.15) is 10.4 Å². The Kier molecular flexibility index (Phi) is 2.92. The molecule has 2 rings (SSSR count). The molecule has 0 fully saturated rings. The molecule has 0 atom stereocenters. The third-order valence-corrected chi connectivity index (χ3v) is 2.91. The van der Waals surface area contributed by atoms with Gasteiger partial charge in [-0.25, -0.2) is 9.18 Å². The molecule has 0 saturated carbocycles. The summed E-state index contributed by atoms with van der Waals surface area (Å²) >= 11 is 3.10. The first-order chi connectivity index (χ1) is 7.61. The van der Waals surface area contributed by atoms with Gasteiger partial charge in [0.05, 0.1) is 17.1 Å².